The van der Waals surface area contributed by atoms with E-state index in [0.29, 0.717) is 11.1 Å². The van der Waals surface area contributed by atoms with Crippen LogP contribution in [-0.2, 0) is 14.8 Å². The Balaban J connectivity index is 3.62. The van der Waals surface area contributed by atoms with Crippen molar-refractivity contribution in [2.75, 3.05) is 14.2 Å². The molecule has 7 heteroatoms. The Hall–Kier alpha value is -1.01. The maximum atomic E-state index is 13.9. The van der Waals surface area contributed by atoms with Crippen molar-refractivity contribution in [3.63, 3.8) is 0 Å². The lowest BCUT2D eigenvalue weighted by Crippen LogP contribution is -2.07. The van der Waals surface area contributed by atoms with Crippen LogP contribution in [0.15, 0.2) is 0 Å². The van der Waals surface area contributed by atoms with Crippen LogP contribution in [0.4, 0.5) is 4.39 Å². The Morgan fingerprint density at radius 2 is 1.61 bits per heavy atom. The van der Waals surface area contributed by atoms with Gasteiger partial charge in [0.05, 0.1) is 20.0 Å². The molecule has 102 valence electrons. The van der Waals surface area contributed by atoms with E-state index in [9.17, 15) is 12.8 Å². The molecule has 0 bridgehead atoms. The van der Waals surface area contributed by atoms with Crippen LogP contribution in [0.5, 0.6) is 11.5 Å². The van der Waals surface area contributed by atoms with Crippen LogP contribution >= 0.6 is 10.7 Å². The molecule has 0 amide bonds. The van der Waals surface area contributed by atoms with Gasteiger partial charge in [-0.05, 0) is 13.8 Å². The van der Waals surface area contributed by atoms with E-state index in [4.69, 9.17) is 20.2 Å². The minimum atomic E-state index is -3.77. The first-order chi connectivity index (χ1) is 8.22. The van der Waals surface area contributed by atoms with Crippen molar-refractivity contribution >= 4 is 19.7 Å². The van der Waals surface area contributed by atoms with E-state index < -0.39 is 20.6 Å². The lowest BCUT2D eigenvalue weighted by Gasteiger charge is -2.17. The summed E-state index contributed by atoms with van der Waals surface area (Å²) >= 11 is 0. The van der Waals surface area contributed by atoms with Crippen LogP contribution in [0.3, 0.4) is 0 Å². The Bertz CT molecular complexity index is 569. The number of benzene rings is 1. The molecule has 0 aliphatic rings. The lowest BCUT2D eigenvalue weighted by atomic mass is 10.0. The predicted octanol–water partition coefficient (Wildman–Crippen LogP) is 2.53. The third kappa shape index (κ3) is 2.87. The van der Waals surface area contributed by atoms with Gasteiger partial charge in [-0.15, -0.1) is 0 Å². The number of halogens is 2. The molecule has 0 heterocycles. The fourth-order valence-corrected chi connectivity index (χ4v) is 2.85. The molecule has 0 N–H and O–H groups in total. The highest BCUT2D eigenvalue weighted by molar-refractivity contribution is 8.13. The smallest absolute Gasteiger partial charge is 0.236 e. The summed E-state index contributed by atoms with van der Waals surface area (Å²) in [6.45, 7) is 3.04. The Labute approximate surface area is 110 Å². The molecule has 1 aromatic carbocycles. The van der Waals surface area contributed by atoms with E-state index in [0.717, 1.165) is 0 Å². The zero-order valence-electron chi connectivity index (χ0n) is 10.5. The molecule has 0 atom stereocenters. The van der Waals surface area contributed by atoms with Gasteiger partial charge in [0.1, 0.15) is 5.75 Å². The van der Waals surface area contributed by atoms with Crippen LogP contribution < -0.4 is 9.47 Å². The zero-order chi connectivity index (χ0) is 14.1. The van der Waals surface area contributed by atoms with Gasteiger partial charge in [-0.2, -0.15) is 0 Å². The van der Waals surface area contributed by atoms with Crippen LogP contribution in [0.1, 0.15) is 16.7 Å². The number of hydrogen-bond donors (Lipinski definition) is 0. The Morgan fingerprint density at radius 3 is 2.00 bits per heavy atom. The second-order valence-corrected chi connectivity index (χ2v) is 6.57. The normalized spacial score (nSPS) is 11.4. The van der Waals surface area contributed by atoms with E-state index in [1.165, 1.54) is 21.1 Å². The third-order valence-corrected chi connectivity index (χ3v) is 3.62. The molecular formula is C11H14ClFO4S. The second kappa shape index (κ2) is 5.32. The van der Waals surface area contributed by atoms with Crippen molar-refractivity contribution in [3.05, 3.63) is 22.5 Å². The summed E-state index contributed by atoms with van der Waals surface area (Å²) in [5.74, 6) is -0.831. The first kappa shape index (κ1) is 15.0. The molecule has 0 aromatic heterocycles. The fraction of sp³-hybridized carbons (Fsp3) is 0.455. The van der Waals surface area contributed by atoms with Gasteiger partial charge in [-0.3, -0.25) is 0 Å². The summed E-state index contributed by atoms with van der Waals surface area (Å²) in [6.07, 6.45) is 0. The molecule has 0 saturated carbocycles. The van der Waals surface area contributed by atoms with Crippen LogP contribution in [0.2, 0.25) is 0 Å². The molecule has 0 saturated heterocycles. The van der Waals surface area contributed by atoms with E-state index in [-0.39, 0.29) is 17.1 Å². The maximum absolute atomic E-state index is 13.9. The summed E-state index contributed by atoms with van der Waals surface area (Å²) in [5.41, 5.74) is 0.861. The summed E-state index contributed by atoms with van der Waals surface area (Å²) in [5, 5.41) is 0. The van der Waals surface area contributed by atoms with E-state index >= 15 is 0 Å². The van der Waals surface area contributed by atoms with Gasteiger partial charge < -0.3 is 9.47 Å². The quantitative estimate of drug-likeness (QED) is 0.801. The SMILES string of the molecule is COc1c(C)c(CS(=O)(=O)Cl)c(OC)c(C)c1F. The van der Waals surface area contributed by atoms with Gasteiger partial charge in [-0.1, -0.05) is 0 Å². The van der Waals surface area contributed by atoms with Gasteiger partial charge in [0.15, 0.2) is 11.6 Å². The molecule has 0 spiro atoms. The molecule has 0 aliphatic heterocycles. The molecular weight excluding hydrogens is 283 g/mol. The Morgan fingerprint density at radius 1 is 1.11 bits per heavy atom. The van der Waals surface area contributed by atoms with Gasteiger partial charge in [-0.25, -0.2) is 12.8 Å². The summed E-state index contributed by atoms with van der Waals surface area (Å²) in [7, 11) is 4.13. The number of methoxy groups -OCH3 is 2. The van der Waals surface area contributed by atoms with Crippen molar-refractivity contribution in [1.82, 2.24) is 0 Å². The van der Waals surface area contributed by atoms with Crippen molar-refractivity contribution in [2.24, 2.45) is 0 Å². The van der Waals surface area contributed by atoms with E-state index in [1.807, 2.05) is 0 Å². The summed E-state index contributed by atoms with van der Waals surface area (Å²) in [6, 6.07) is 0. The van der Waals surface area contributed by atoms with Gasteiger partial charge in [0.2, 0.25) is 9.05 Å². The monoisotopic (exact) mass is 296 g/mol. The van der Waals surface area contributed by atoms with Gasteiger partial charge in [0, 0.05) is 27.4 Å². The third-order valence-electron chi connectivity index (χ3n) is 2.66. The molecule has 0 aliphatic carbocycles. The number of hydrogen-bond acceptors (Lipinski definition) is 4. The predicted molar refractivity (Wildman–Crippen MR) is 67.5 cm³/mol. The maximum Gasteiger partial charge on any atom is 0.236 e. The van der Waals surface area contributed by atoms with Crippen molar-refractivity contribution < 1.29 is 22.3 Å². The van der Waals surface area contributed by atoms with E-state index in [1.54, 1.807) is 6.92 Å². The molecule has 4 nitrogen and oxygen atoms in total. The molecule has 18 heavy (non-hydrogen) atoms. The number of rotatable bonds is 4. The van der Waals surface area contributed by atoms with Crippen molar-refractivity contribution in [1.29, 1.82) is 0 Å². The number of ether oxygens (including phenoxy) is 2. The van der Waals surface area contributed by atoms with Crippen LogP contribution in [-0.4, -0.2) is 22.6 Å². The highest BCUT2D eigenvalue weighted by Crippen LogP contribution is 2.38. The summed E-state index contributed by atoms with van der Waals surface area (Å²) < 4.78 is 46.3. The highest BCUT2D eigenvalue weighted by Gasteiger charge is 2.24. The topological polar surface area (TPSA) is 52.6 Å². The first-order valence-corrected chi connectivity index (χ1v) is 7.52. The lowest BCUT2D eigenvalue weighted by molar-refractivity contribution is 0.368. The molecule has 0 fully saturated rings. The molecule has 0 unspecified atom stereocenters. The minimum Gasteiger partial charge on any atom is -0.496 e. The Kier molecular flexibility index (Phi) is 4.45. The van der Waals surface area contributed by atoms with Crippen molar-refractivity contribution in [2.45, 2.75) is 19.6 Å². The molecule has 1 aromatic rings. The van der Waals surface area contributed by atoms with Crippen LogP contribution in [0.25, 0.3) is 0 Å². The average molecular weight is 297 g/mol. The van der Waals surface area contributed by atoms with E-state index in [2.05, 4.69) is 0 Å². The van der Waals surface area contributed by atoms with Crippen molar-refractivity contribution in [3.8, 4) is 11.5 Å². The standard InChI is InChI=1S/C11H14ClFO4S/c1-6-8(5-18(12,14)15)10(16-3)7(2)9(13)11(6)17-4/h5H2,1-4H3. The van der Waals surface area contributed by atoms with Gasteiger partial charge >= 0.3 is 0 Å². The van der Waals surface area contributed by atoms with Gasteiger partial charge in [0.25, 0.3) is 0 Å². The average Bonchev–Trinajstić information content (AvgIpc) is 2.25. The summed E-state index contributed by atoms with van der Waals surface area (Å²) in [4.78, 5) is 0. The second-order valence-electron chi connectivity index (χ2n) is 3.79. The molecule has 1 rings (SSSR count). The zero-order valence-corrected chi connectivity index (χ0v) is 12.1. The van der Waals surface area contributed by atoms with Crippen LogP contribution in [0, 0.1) is 19.7 Å². The highest BCUT2D eigenvalue weighted by atomic mass is 35.7. The first-order valence-electron chi connectivity index (χ1n) is 5.04. The fourth-order valence-electron chi connectivity index (χ4n) is 1.83. The molecule has 0 radical (unpaired) electrons. The largest absolute Gasteiger partial charge is 0.496 e. The minimum absolute atomic E-state index is 0.00335.